The molecule has 2 aliphatic heterocycles. The van der Waals surface area contributed by atoms with E-state index in [0.29, 0.717) is 17.3 Å². The zero-order valence-corrected chi connectivity index (χ0v) is 18.2. The van der Waals surface area contributed by atoms with Crippen LogP contribution in [0.5, 0.6) is 0 Å². The van der Waals surface area contributed by atoms with Crippen molar-refractivity contribution in [2.45, 2.75) is 13.3 Å². The van der Waals surface area contributed by atoms with Crippen LogP contribution in [0.2, 0.25) is 5.02 Å². The van der Waals surface area contributed by atoms with E-state index in [0.717, 1.165) is 43.1 Å². The molecule has 1 atom stereocenters. The standard InChI is InChI=1S/C23H27ClN4O2/c1-16-3-6-19(7-4-16)28-15-17(13-22(28)29)23(30)25-20-14-18(24)5-8-21(20)27-11-9-26(2)10-12-27/h3-8,14,17H,9-13,15H2,1-2H3,(H,25,30). The lowest BCUT2D eigenvalue weighted by atomic mass is 10.1. The lowest BCUT2D eigenvalue weighted by Gasteiger charge is -2.35. The molecule has 158 valence electrons. The first-order chi connectivity index (χ1) is 14.4. The second kappa shape index (κ2) is 8.66. The molecule has 30 heavy (non-hydrogen) atoms. The fourth-order valence-electron chi connectivity index (χ4n) is 4.02. The Balaban J connectivity index is 1.48. The van der Waals surface area contributed by atoms with Gasteiger partial charge in [0.15, 0.2) is 0 Å². The summed E-state index contributed by atoms with van der Waals surface area (Å²) in [6, 6.07) is 13.4. The third kappa shape index (κ3) is 4.45. The van der Waals surface area contributed by atoms with Gasteiger partial charge in [-0.05, 0) is 44.3 Å². The van der Waals surface area contributed by atoms with Crippen LogP contribution in [0.15, 0.2) is 42.5 Å². The zero-order chi connectivity index (χ0) is 21.3. The first kappa shape index (κ1) is 20.7. The molecule has 2 aliphatic rings. The average Bonchev–Trinajstić information content (AvgIpc) is 3.11. The molecule has 0 bridgehead atoms. The van der Waals surface area contributed by atoms with Crippen molar-refractivity contribution < 1.29 is 9.59 Å². The quantitative estimate of drug-likeness (QED) is 0.814. The number of hydrogen-bond acceptors (Lipinski definition) is 4. The normalized spacial score (nSPS) is 20.0. The van der Waals surface area contributed by atoms with Gasteiger partial charge in [-0.2, -0.15) is 0 Å². The van der Waals surface area contributed by atoms with Crippen molar-refractivity contribution in [2.75, 3.05) is 54.9 Å². The number of benzene rings is 2. The number of aryl methyl sites for hydroxylation is 1. The highest BCUT2D eigenvalue weighted by Crippen LogP contribution is 2.32. The minimum absolute atomic E-state index is 0.0237. The smallest absolute Gasteiger partial charge is 0.229 e. The topological polar surface area (TPSA) is 55.9 Å². The summed E-state index contributed by atoms with van der Waals surface area (Å²) in [7, 11) is 2.11. The number of rotatable bonds is 4. The van der Waals surface area contributed by atoms with Crippen molar-refractivity contribution in [2.24, 2.45) is 5.92 Å². The molecule has 6 nitrogen and oxygen atoms in total. The lowest BCUT2D eigenvalue weighted by Crippen LogP contribution is -2.44. The molecule has 0 aliphatic carbocycles. The monoisotopic (exact) mass is 426 g/mol. The average molecular weight is 427 g/mol. The Bertz CT molecular complexity index is 939. The van der Waals surface area contributed by atoms with E-state index in [1.807, 2.05) is 43.3 Å². The Morgan fingerprint density at radius 2 is 1.77 bits per heavy atom. The Morgan fingerprint density at radius 1 is 1.07 bits per heavy atom. The molecule has 7 heteroatoms. The van der Waals surface area contributed by atoms with Gasteiger partial charge in [-0.3, -0.25) is 9.59 Å². The van der Waals surface area contributed by atoms with Crippen molar-refractivity contribution in [3.63, 3.8) is 0 Å². The molecular weight excluding hydrogens is 400 g/mol. The van der Waals surface area contributed by atoms with Crippen LogP contribution in [-0.4, -0.2) is 56.5 Å². The molecule has 2 amide bonds. The van der Waals surface area contributed by atoms with Crippen LogP contribution < -0.4 is 15.1 Å². The molecule has 1 N–H and O–H groups in total. The van der Waals surface area contributed by atoms with Gasteiger partial charge >= 0.3 is 0 Å². The summed E-state index contributed by atoms with van der Waals surface area (Å²) in [6.07, 6.45) is 0.212. The molecule has 2 heterocycles. The minimum atomic E-state index is -0.391. The van der Waals surface area contributed by atoms with Gasteiger partial charge in [-0.15, -0.1) is 0 Å². The number of likely N-dealkylation sites (N-methyl/N-ethyl adjacent to an activating group) is 1. The summed E-state index contributed by atoms with van der Waals surface area (Å²) in [5.74, 6) is -0.557. The van der Waals surface area contributed by atoms with Crippen LogP contribution in [0.3, 0.4) is 0 Å². The predicted octanol–water partition coefficient (Wildman–Crippen LogP) is 3.39. The van der Waals surface area contributed by atoms with E-state index in [4.69, 9.17) is 11.6 Å². The van der Waals surface area contributed by atoms with Gasteiger partial charge in [0.05, 0.1) is 17.3 Å². The Hall–Kier alpha value is -2.57. The van der Waals surface area contributed by atoms with E-state index in [2.05, 4.69) is 22.2 Å². The number of anilines is 3. The van der Waals surface area contributed by atoms with Crippen LogP contribution in [0.4, 0.5) is 17.1 Å². The summed E-state index contributed by atoms with van der Waals surface area (Å²) >= 11 is 6.22. The second-order valence-corrected chi connectivity index (χ2v) is 8.62. The van der Waals surface area contributed by atoms with Crippen molar-refractivity contribution >= 4 is 40.5 Å². The Labute approximate surface area is 182 Å². The van der Waals surface area contributed by atoms with Crippen LogP contribution in [-0.2, 0) is 9.59 Å². The maximum absolute atomic E-state index is 13.0. The zero-order valence-electron chi connectivity index (χ0n) is 17.4. The minimum Gasteiger partial charge on any atom is -0.367 e. The molecule has 2 fully saturated rings. The summed E-state index contributed by atoms with van der Waals surface area (Å²) < 4.78 is 0. The number of piperazine rings is 1. The molecule has 4 rings (SSSR count). The molecule has 0 radical (unpaired) electrons. The summed E-state index contributed by atoms with van der Waals surface area (Å²) in [4.78, 5) is 31.8. The molecule has 2 saturated heterocycles. The van der Waals surface area contributed by atoms with Gasteiger partial charge in [0.25, 0.3) is 0 Å². The second-order valence-electron chi connectivity index (χ2n) is 8.18. The molecule has 1 unspecified atom stereocenters. The number of amides is 2. The van der Waals surface area contributed by atoms with Crippen LogP contribution in [0, 0.1) is 12.8 Å². The molecule has 2 aromatic carbocycles. The number of nitrogens with one attached hydrogen (secondary N) is 1. The molecular formula is C23H27ClN4O2. The molecule has 0 spiro atoms. The number of carbonyl (C=O) groups excluding carboxylic acids is 2. The molecule has 0 saturated carbocycles. The van der Waals surface area contributed by atoms with E-state index in [9.17, 15) is 9.59 Å². The van der Waals surface area contributed by atoms with Gasteiger partial charge in [0.2, 0.25) is 11.8 Å². The Kier molecular flexibility index (Phi) is 5.97. The van der Waals surface area contributed by atoms with Crippen LogP contribution in [0.25, 0.3) is 0 Å². The van der Waals surface area contributed by atoms with Crippen molar-refractivity contribution in [3.05, 3.63) is 53.1 Å². The van der Waals surface area contributed by atoms with Crippen LogP contribution >= 0.6 is 11.6 Å². The maximum Gasteiger partial charge on any atom is 0.229 e. The van der Waals surface area contributed by atoms with Gasteiger partial charge in [-0.25, -0.2) is 0 Å². The van der Waals surface area contributed by atoms with Gasteiger partial charge in [0.1, 0.15) is 0 Å². The lowest BCUT2D eigenvalue weighted by molar-refractivity contribution is -0.122. The maximum atomic E-state index is 13.0. The van der Waals surface area contributed by atoms with Gasteiger partial charge in [0, 0.05) is 49.9 Å². The number of halogens is 1. The third-order valence-electron chi connectivity index (χ3n) is 5.90. The van der Waals surface area contributed by atoms with Gasteiger partial charge in [-0.1, -0.05) is 29.3 Å². The largest absolute Gasteiger partial charge is 0.367 e. The fourth-order valence-corrected chi connectivity index (χ4v) is 4.20. The summed E-state index contributed by atoms with van der Waals surface area (Å²) in [5.41, 5.74) is 3.65. The molecule has 0 aromatic heterocycles. The number of nitrogens with zero attached hydrogens (tertiary/aromatic N) is 3. The summed E-state index contributed by atoms with van der Waals surface area (Å²) in [6.45, 7) is 6.12. The third-order valence-corrected chi connectivity index (χ3v) is 6.14. The van der Waals surface area contributed by atoms with E-state index < -0.39 is 5.92 Å². The van der Waals surface area contributed by atoms with Crippen molar-refractivity contribution in [1.29, 1.82) is 0 Å². The van der Waals surface area contributed by atoms with E-state index in [1.165, 1.54) is 0 Å². The highest BCUT2D eigenvalue weighted by Gasteiger charge is 2.35. The van der Waals surface area contributed by atoms with Gasteiger partial charge < -0.3 is 20.0 Å². The number of hydrogen-bond donors (Lipinski definition) is 1. The van der Waals surface area contributed by atoms with E-state index in [-0.39, 0.29) is 18.2 Å². The van der Waals surface area contributed by atoms with E-state index >= 15 is 0 Å². The first-order valence-electron chi connectivity index (χ1n) is 10.3. The number of carbonyl (C=O) groups is 2. The highest BCUT2D eigenvalue weighted by molar-refractivity contribution is 6.31. The molecule has 2 aromatic rings. The highest BCUT2D eigenvalue weighted by atomic mass is 35.5. The van der Waals surface area contributed by atoms with Crippen LogP contribution in [0.1, 0.15) is 12.0 Å². The Morgan fingerprint density at radius 3 is 2.47 bits per heavy atom. The van der Waals surface area contributed by atoms with Crippen molar-refractivity contribution in [3.8, 4) is 0 Å². The van der Waals surface area contributed by atoms with Crippen molar-refractivity contribution in [1.82, 2.24) is 4.90 Å². The first-order valence-corrected chi connectivity index (χ1v) is 10.7. The fraction of sp³-hybridized carbons (Fsp3) is 0.391. The SMILES string of the molecule is Cc1ccc(N2CC(C(=O)Nc3cc(Cl)ccc3N3CCN(C)CC3)CC2=O)cc1. The predicted molar refractivity (Wildman–Crippen MR) is 121 cm³/mol. The summed E-state index contributed by atoms with van der Waals surface area (Å²) in [5, 5.41) is 3.62. The van der Waals surface area contributed by atoms with E-state index in [1.54, 1.807) is 11.0 Å².